The van der Waals surface area contributed by atoms with Crippen molar-refractivity contribution >= 4 is 8.07 Å². The fourth-order valence-electron chi connectivity index (χ4n) is 1.88. The Morgan fingerprint density at radius 3 is 1.50 bits per heavy atom. The molecule has 0 bridgehead atoms. The average molecular weight is 236 g/mol. The van der Waals surface area contributed by atoms with Crippen molar-refractivity contribution in [2.24, 2.45) is 10.8 Å². The van der Waals surface area contributed by atoms with Gasteiger partial charge in [0.2, 0.25) is 0 Å². The van der Waals surface area contributed by atoms with Gasteiger partial charge in [0.15, 0.2) is 0 Å². The quantitative estimate of drug-likeness (QED) is 0.415. The van der Waals surface area contributed by atoms with Crippen LogP contribution in [0.1, 0.15) is 41.5 Å². The van der Waals surface area contributed by atoms with E-state index in [2.05, 4.69) is 78.7 Å². The van der Waals surface area contributed by atoms with E-state index >= 15 is 0 Å². The zero-order chi connectivity index (χ0) is 13.2. The Bertz CT molecular complexity index is 300. The fourth-order valence-corrected chi connectivity index (χ4v) is 2.39. The van der Waals surface area contributed by atoms with E-state index in [1.807, 2.05) is 0 Å². The summed E-state index contributed by atoms with van der Waals surface area (Å²) < 4.78 is 0. The van der Waals surface area contributed by atoms with E-state index in [4.69, 9.17) is 0 Å². The first-order valence-electron chi connectivity index (χ1n) is 6.08. The Hall–Kier alpha value is -0.483. The summed E-state index contributed by atoms with van der Waals surface area (Å²) in [6.45, 7) is 20.4. The summed E-state index contributed by atoms with van der Waals surface area (Å²) >= 11 is 0. The Morgan fingerprint density at radius 2 is 1.25 bits per heavy atom. The highest BCUT2D eigenvalue weighted by Gasteiger charge is 2.27. The molecule has 0 fully saturated rings. The molecule has 0 saturated carbocycles. The number of allylic oxidation sites excluding steroid dienone is 2. The second kappa shape index (κ2) is 4.80. The summed E-state index contributed by atoms with van der Waals surface area (Å²) in [5.41, 5.74) is 5.25. The second-order valence-corrected chi connectivity index (χ2v) is 12.3. The molecule has 0 nitrogen and oxygen atoms in total. The van der Waals surface area contributed by atoms with Crippen LogP contribution in [0, 0.1) is 22.3 Å². The van der Waals surface area contributed by atoms with Gasteiger partial charge in [-0.05, 0) is 16.9 Å². The maximum atomic E-state index is 3.41. The maximum absolute atomic E-state index is 3.41. The summed E-state index contributed by atoms with van der Waals surface area (Å²) in [5, 5.41) is 0. The lowest BCUT2D eigenvalue weighted by molar-refractivity contribution is 0.363. The summed E-state index contributed by atoms with van der Waals surface area (Å²) in [6, 6.07) is 0. The van der Waals surface area contributed by atoms with Crippen LogP contribution in [0.5, 0.6) is 0 Å². The average Bonchev–Trinajstić information content (AvgIpc) is 1.90. The van der Waals surface area contributed by atoms with E-state index in [0.717, 1.165) is 0 Å². The topological polar surface area (TPSA) is 0 Å². The molecule has 0 aliphatic carbocycles. The monoisotopic (exact) mass is 236 g/mol. The molecule has 16 heavy (non-hydrogen) atoms. The van der Waals surface area contributed by atoms with E-state index in [1.165, 1.54) is 5.57 Å². The summed E-state index contributed by atoms with van der Waals surface area (Å²) in [4.78, 5) is 0. The molecule has 0 rings (SSSR count). The summed E-state index contributed by atoms with van der Waals surface area (Å²) in [6.07, 6.45) is 2.15. The molecule has 0 atom stereocenters. The molecule has 0 N–H and O–H groups in total. The van der Waals surface area contributed by atoms with Crippen LogP contribution in [0.3, 0.4) is 0 Å². The van der Waals surface area contributed by atoms with Crippen molar-refractivity contribution in [1.29, 1.82) is 0 Å². The third-order valence-electron chi connectivity index (χ3n) is 2.28. The van der Waals surface area contributed by atoms with Crippen LogP contribution in [-0.2, 0) is 0 Å². The SMILES string of the molecule is CC(C)(C)C(=CC#C[Si](C)(C)C)C(C)(C)C. The first-order chi connectivity index (χ1) is 6.84. The Labute approximate surface area is 104 Å². The predicted molar refractivity (Wildman–Crippen MR) is 78.1 cm³/mol. The molecule has 0 spiro atoms. The van der Waals surface area contributed by atoms with Gasteiger partial charge >= 0.3 is 0 Å². The van der Waals surface area contributed by atoms with E-state index in [0.29, 0.717) is 0 Å². The molecule has 0 aliphatic rings. The highest BCUT2D eigenvalue weighted by Crippen LogP contribution is 2.38. The smallest absolute Gasteiger partial charge is 0.127 e. The Balaban J connectivity index is 5.23. The minimum atomic E-state index is -1.25. The van der Waals surface area contributed by atoms with Crippen molar-refractivity contribution in [2.45, 2.75) is 61.2 Å². The van der Waals surface area contributed by atoms with E-state index in [-0.39, 0.29) is 10.8 Å². The maximum Gasteiger partial charge on any atom is 0.129 e. The zero-order valence-electron chi connectivity index (χ0n) is 12.6. The van der Waals surface area contributed by atoms with Gasteiger partial charge in [0.1, 0.15) is 8.07 Å². The molecule has 0 heterocycles. The number of hydrogen-bond donors (Lipinski definition) is 0. The molecule has 0 unspecified atom stereocenters. The zero-order valence-corrected chi connectivity index (χ0v) is 13.6. The molecule has 0 aromatic carbocycles. The van der Waals surface area contributed by atoms with Gasteiger partial charge in [-0.15, -0.1) is 5.54 Å². The number of rotatable bonds is 0. The van der Waals surface area contributed by atoms with Gasteiger partial charge in [0, 0.05) is 0 Å². The van der Waals surface area contributed by atoms with Crippen molar-refractivity contribution in [3.8, 4) is 11.5 Å². The van der Waals surface area contributed by atoms with Gasteiger partial charge in [-0.25, -0.2) is 0 Å². The molecule has 0 saturated heterocycles. The lowest BCUT2D eigenvalue weighted by atomic mass is 9.72. The first-order valence-corrected chi connectivity index (χ1v) is 9.58. The second-order valence-electron chi connectivity index (χ2n) is 7.58. The minimum Gasteiger partial charge on any atom is -0.127 e. The van der Waals surface area contributed by atoms with Crippen molar-refractivity contribution in [2.75, 3.05) is 0 Å². The van der Waals surface area contributed by atoms with Crippen LogP contribution < -0.4 is 0 Å². The third kappa shape index (κ3) is 6.18. The van der Waals surface area contributed by atoms with Gasteiger partial charge in [0.25, 0.3) is 0 Å². The van der Waals surface area contributed by atoms with Crippen molar-refractivity contribution in [3.63, 3.8) is 0 Å². The van der Waals surface area contributed by atoms with Crippen LogP contribution >= 0.6 is 0 Å². The molecule has 1 heteroatoms. The highest BCUT2D eigenvalue weighted by molar-refractivity contribution is 6.83. The number of hydrogen-bond acceptors (Lipinski definition) is 0. The molecular formula is C15H28Si. The normalized spacial score (nSPS) is 12.8. The van der Waals surface area contributed by atoms with Crippen LogP contribution in [0.25, 0.3) is 0 Å². The van der Waals surface area contributed by atoms with Crippen molar-refractivity contribution in [3.05, 3.63) is 11.6 Å². The molecular weight excluding hydrogens is 208 g/mol. The highest BCUT2D eigenvalue weighted by atomic mass is 28.3. The predicted octanol–water partition coefficient (Wildman–Crippen LogP) is 4.89. The largest absolute Gasteiger partial charge is 0.129 e. The van der Waals surface area contributed by atoms with Crippen molar-refractivity contribution < 1.29 is 0 Å². The lowest BCUT2D eigenvalue weighted by Gasteiger charge is -2.33. The summed E-state index contributed by atoms with van der Waals surface area (Å²) in [7, 11) is -1.25. The van der Waals surface area contributed by atoms with E-state index in [9.17, 15) is 0 Å². The van der Waals surface area contributed by atoms with Crippen LogP contribution in [0.2, 0.25) is 19.6 Å². The van der Waals surface area contributed by atoms with Gasteiger partial charge < -0.3 is 0 Å². The summed E-state index contributed by atoms with van der Waals surface area (Å²) in [5.74, 6) is 3.29. The van der Waals surface area contributed by atoms with Crippen LogP contribution in [0.4, 0.5) is 0 Å². The molecule has 0 aromatic heterocycles. The first kappa shape index (κ1) is 15.5. The molecule has 0 aromatic rings. The van der Waals surface area contributed by atoms with Crippen LogP contribution in [-0.4, -0.2) is 8.07 Å². The Kier molecular flexibility index (Phi) is 4.65. The Morgan fingerprint density at radius 1 is 0.875 bits per heavy atom. The van der Waals surface area contributed by atoms with Gasteiger partial charge in [-0.2, -0.15) is 0 Å². The van der Waals surface area contributed by atoms with Gasteiger partial charge in [0.05, 0.1) is 0 Å². The van der Waals surface area contributed by atoms with E-state index in [1.54, 1.807) is 0 Å². The lowest BCUT2D eigenvalue weighted by Crippen LogP contribution is -2.22. The van der Waals surface area contributed by atoms with Crippen molar-refractivity contribution in [1.82, 2.24) is 0 Å². The minimum absolute atomic E-state index is 0.201. The molecule has 0 amide bonds. The standard InChI is InChI=1S/C15H28Si/c1-14(2,3)13(15(4,5)6)11-10-12-16(7,8)9/h11H,1-9H3. The fraction of sp³-hybridized carbons (Fsp3) is 0.733. The van der Waals surface area contributed by atoms with Gasteiger partial charge in [-0.3, -0.25) is 0 Å². The van der Waals surface area contributed by atoms with Crippen LogP contribution in [0.15, 0.2) is 11.6 Å². The van der Waals surface area contributed by atoms with E-state index < -0.39 is 8.07 Å². The van der Waals surface area contributed by atoms with Gasteiger partial charge in [-0.1, -0.05) is 72.7 Å². The molecule has 0 radical (unpaired) electrons. The third-order valence-corrected chi connectivity index (χ3v) is 3.17. The molecule has 0 aliphatic heterocycles. The molecule has 92 valence electrons.